The van der Waals surface area contributed by atoms with E-state index < -0.39 is 0 Å². The van der Waals surface area contributed by atoms with Gasteiger partial charge in [0.15, 0.2) is 0 Å². The zero-order chi connectivity index (χ0) is 10.6. The van der Waals surface area contributed by atoms with E-state index in [2.05, 4.69) is 23.9 Å². The van der Waals surface area contributed by atoms with Crippen molar-refractivity contribution in [2.75, 3.05) is 47.4 Å². The quantitative estimate of drug-likeness (QED) is 0.672. The molecule has 1 fully saturated rings. The molecular weight excluding hydrogens is 178 g/mol. The van der Waals surface area contributed by atoms with E-state index in [1.54, 1.807) is 7.11 Å². The van der Waals surface area contributed by atoms with E-state index in [4.69, 9.17) is 10.5 Å². The van der Waals surface area contributed by atoms with Crippen LogP contribution < -0.4 is 5.73 Å². The summed E-state index contributed by atoms with van der Waals surface area (Å²) in [5.41, 5.74) is 5.95. The lowest BCUT2D eigenvalue weighted by Crippen LogP contribution is -2.52. The first-order valence-corrected chi connectivity index (χ1v) is 5.26. The number of ether oxygens (including phenoxy) is 1. The van der Waals surface area contributed by atoms with Crippen molar-refractivity contribution in [2.45, 2.75) is 18.5 Å². The number of rotatable bonds is 4. The van der Waals surface area contributed by atoms with Gasteiger partial charge in [-0.2, -0.15) is 0 Å². The SMILES string of the molecule is COCC(N)CC1CN(C)CCN1C. The Bertz CT molecular complexity index is 165. The summed E-state index contributed by atoms with van der Waals surface area (Å²) < 4.78 is 5.05. The van der Waals surface area contributed by atoms with Crippen molar-refractivity contribution >= 4 is 0 Å². The van der Waals surface area contributed by atoms with Crippen molar-refractivity contribution in [3.8, 4) is 0 Å². The van der Waals surface area contributed by atoms with E-state index in [1.165, 1.54) is 0 Å². The van der Waals surface area contributed by atoms with E-state index in [0.29, 0.717) is 12.6 Å². The van der Waals surface area contributed by atoms with Crippen LogP contribution in [0.25, 0.3) is 0 Å². The Morgan fingerprint density at radius 3 is 2.79 bits per heavy atom. The van der Waals surface area contributed by atoms with Gasteiger partial charge in [0.1, 0.15) is 0 Å². The van der Waals surface area contributed by atoms with Gasteiger partial charge in [0.05, 0.1) is 6.61 Å². The van der Waals surface area contributed by atoms with Gasteiger partial charge in [-0.1, -0.05) is 0 Å². The first-order valence-electron chi connectivity index (χ1n) is 5.26. The number of nitrogens with zero attached hydrogens (tertiary/aromatic N) is 2. The van der Waals surface area contributed by atoms with Crippen LogP contribution in [-0.2, 0) is 4.74 Å². The van der Waals surface area contributed by atoms with Gasteiger partial charge in [-0.15, -0.1) is 0 Å². The van der Waals surface area contributed by atoms with Crippen LogP contribution in [0.3, 0.4) is 0 Å². The van der Waals surface area contributed by atoms with Crippen LogP contribution in [0, 0.1) is 0 Å². The smallest absolute Gasteiger partial charge is 0.0614 e. The van der Waals surface area contributed by atoms with Gasteiger partial charge in [0.25, 0.3) is 0 Å². The van der Waals surface area contributed by atoms with Crippen LogP contribution in [0.5, 0.6) is 0 Å². The molecule has 2 atom stereocenters. The van der Waals surface area contributed by atoms with Gasteiger partial charge in [0.2, 0.25) is 0 Å². The van der Waals surface area contributed by atoms with Gasteiger partial charge in [-0.25, -0.2) is 0 Å². The average molecular weight is 201 g/mol. The molecule has 0 amide bonds. The summed E-state index contributed by atoms with van der Waals surface area (Å²) in [6.07, 6.45) is 1.02. The molecule has 2 N–H and O–H groups in total. The molecule has 0 aromatic heterocycles. The summed E-state index contributed by atoms with van der Waals surface area (Å²) in [7, 11) is 6.05. The van der Waals surface area contributed by atoms with Crippen LogP contribution in [0.1, 0.15) is 6.42 Å². The van der Waals surface area contributed by atoms with Gasteiger partial charge >= 0.3 is 0 Å². The number of likely N-dealkylation sites (N-methyl/N-ethyl adjacent to an activating group) is 2. The molecule has 4 heteroatoms. The lowest BCUT2D eigenvalue weighted by molar-refractivity contribution is 0.0914. The molecule has 0 aromatic carbocycles. The Hall–Kier alpha value is -0.160. The highest BCUT2D eigenvalue weighted by Crippen LogP contribution is 2.10. The van der Waals surface area contributed by atoms with Gasteiger partial charge < -0.3 is 20.3 Å². The molecule has 1 rings (SSSR count). The first-order chi connectivity index (χ1) is 6.63. The third-order valence-electron chi connectivity index (χ3n) is 2.94. The topological polar surface area (TPSA) is 41.7 Å². The fraction of sp³-hybridized carbons (Fsp3) is 1.00. The van der Waals surface area contributed by atoms with Crippen LogP contribution in [0.4, 0.5) is 0 Å². The fourth-order valence-corrected chi connectivity index (χ4v) is 1.99. The van der Waals surface area contributed by atoms with E-state index in [9.17, 15) is 0 Å². The van der Waals surface area contributed by atoms with E-state index in [1.807, 2.05) is 0 Å². The summed E-state index contributed by atoms with van der Waals surface area (Å²) in [5, 5.41) is 0. The summed E-state index contributed by atoms with van der Waals surface area (Å²) in [5.74, 6) is 0. The first kappa shape index (κ1) is 11.9. The van der Waals surface area contributed by atoms with Crippen LogP contribution >= 0.6 is 0 Å². The van der Waals surface area contributed by atoms with Crippen molar-refractivity contribution in [3.63, 3.8) is 0 Å². The lowest BCUT2D eigenvalue weighted by atomic mass is 10.0. The predicted molar refractivity (Wildman–Crippen MR) is 58.4 cm³/mol. The maximum atomic E-state index is 5.95. The Balaban J connectivity index is 2.33. The molecule has 0 radical (unpaired) electrons. The van der Waals surface area contributed by atoms with Crippen molar-refractivity contribution < 1.29 is 4.74 Å². The minimum Gasteiger partial charge on any atom is -0.383 e. The molecule has 0 aliphatic carbocycles. The molecule has 1 aliphatic heterocycles. The highest BCUT2D eigenvalue weighted by Gasteiger charge is 2.23. The molecule has 1 aliphatic rings. The van der Waals surface area contributed by atoms with Crippen LogP contribution in [0.15, 0.2) is 0 Å². The second-order valence-electron chi connectivity index (χ2n) is 4.35. The van der Waals surface area contributed by atoms with Crippen molar-refractivity contribution in [2.24, 2.45) is 5.73 Å². The van der Waals surface area contributed by atoms with E-state index in [0.717, 1.165) is 26.1 Å². The minimum atomic E-state index is 0.166. The molecule has 4 nitrogen and oxygen atoms in total. The number of hydrogen-bond donors (Lipinski definition) is 1. The Labute approximate surface area is 87.0 Å². The number of methoxy groups -OCH3 is 1. The minimum absolute atomic E-state index is 0.166. The van der Waals surface area contributed by atoms with Crippen molar-refractivity contribution in [1.82, 2.24) is 9.80 Å². The standard InChI is InChI=1S/C10H23N3O/c1-12-4-5-13(2)10(7-12)6-9(11)8-14-3/h9-10H,4-8,11H2,1-3H3. The molecule has 84 valence electrons. The molecule has 0 bridgehead atoms. The summed E-state index contributed by atoms with van der Waals surface area (Å²) in [6, 6.07) is 0.748. The highest BCUT2D eigenvalue weighted by atomic mass is 16.5. The summed E-state index contributed by atoms with van der Waals surface area (Å²) in [6.45, 7) is 4.08. The second kappa shape index (κ2) is 5.66. The molecule has 1 saturated heterocycles. The molecule has 14 heavy (non-hydrogen) atoms. The maximum Gasteiger partial charge on any atom is 0.0614 e. The Kier molecular flexibility index (Phi) is 4.81. The second-order valence-corrected chi connectivity index (χ2v) is 4.35. The normalized spacial score (nSPS) is 27.9. The Morgan fingerprint density at radius 2 is 2.14 bits per heavy atom. The van der Waals surface area contributed by atoms with Crippen LogP contribution in [0.2, 0.25) is 0 Å². The zero-order valence-electron chi connectivity index (χ0n) is 9.57. The summed E-state index contributed by atoms with van der Waals surface area (Å²) >= 11 is 0. The number of nitrogens with two attached hydrogens (primary N) is 1. The van der Waals surface area contributed by atoms with Crippen molar-refractivity contribution in [1.29, 1.82) is 0 Å². The molecular formula is C10H23N3O. The van der Waals surface area contributed by atoms with Crippen LogP contribution in [-0.4, -0.2) is 69.3 Å². The van der Waals surface area contributed by atoms with Gasteiger partial charge in [0, 0.05) is 38.8 Å². The number of hydrogen-bond acceptors (Lipinski definition) is 4. The highest BCUT2D eigenvalue weighted by molar-refractivity contribution is 4.81. The molecule has 0 saturated carbocycles. The summed E-state index contributed by atoms with van der Waals surface area (Å²) in [4.78, 5) is 4.76. The maximum absolute atomic E-state index is 5.95. The zero-order valence-corrected chi connectivity index (χ0v) is 9.57. The van der Waals surface area contributed by atoms with Crippen molar-refractivity contribution in [3.05, 3.63) is 0 Å². The lowest BCUT2D eigenvalue weighted by Gasteiger charge is -2.38. The molecule has 2 unspecified atom stereocenters. The molecule has 0 spiro atoms. The fourth-order valence-electron chi connectivity index (χ4n) is 1.99. The molecule has 0 aromatic rings. The Morgan fingerprint density at radius 1 is 1.43 bits per heavy atom. The number of piperazine rings is 1. The monoisotopic (exact) mass is 201 g/mol. The van der Waals surface area contributed by atoms with E-state index in [-0.39, 0.29) is 6.04 Å². The van der Waals surface area contributed by atoms with E-state index >= 15 is 0 Å². The third-order valence-corrected chi connectivity index (χ3v) is 2.94. The van der Waals surface area contributed by atoms with Gasteiger partial charge in [-0.05, 0) is 20.5 Å². The average Bonchev–Trinajstić information content (AvgIpc) is 2.12. The molecule has 1 heterocycles. The van der Waals surface area contributed by atoms with Gasteiger partial charge in [-0.3, -0.25) is 0 Å². The largest absolute Gasteiger partial charge is 0.383 e. The predicted octanol–water partition coefficient (Wildman–Crippen LogP) is -0.404. The third kappa shape index (κ3) is 3.53.